The molecular formula is C10H13N3O3S. The van der Waals surface area contributed by atoms with Gasteiger partial charge in [-0.1, -0.05) is 0 Å². The lowest BCUT2D eigenvalue weighted by atomic mass is 10.2. The van der Waals surface area contributed by atoms with Crippen LogP contribution in [-0.4, -0.2) is 26.2 Å². The summed E-state index contributed by atoms with van der Waals surface area (Å²) < 4.78 is 26.0. The second kappa shape index (κ2) is 5.14. The summed E-state index contributed by atoms with van der Waals surface area (Å²) in [6.07, 6.45) is 0. The Bertz CT molecular complexity index is 548. The number of aliphatic hydroxyl groups excluding tert-OH is 1. The quantitative estimate of drug-likeness (QED) is 0.644. The zero-order valence-corrected chi connectivity index (χ0v) is 10.0. The minimum absolute atomic E-state index is 0.0253. The third-order valence-electron chi connectivity index (χ3n) is 2.04. The second-order valence-electron chi connectivity index (χ2n) is 3.57. The summed E-state index contributed by atoms with van der Waals surface area (Å²) in [6, 6.07) is 5.11. The van der Waals surface area contributed by atoms with Crippen molar-refractivity contribution in [2.24, 2.45) is 0 Å². The summed E-state index contributed by atoms with van der Waals surface area (Å²) in [5.41, 5.74) is 5.76. The first-order valence-corrected chi connectivity index (χ1v) is 6.32. The Balaban J connectivity index is 3.21. The fourth-order valence-electron chi connectivity index (χ4n) is 1.23. The Kier molecular flexibility index (Phi) is 4.07. The van der Waals surface area contributed by atoms with Crippen LogP contribution in [0.5, 0.6) is 0 Å². The normalized spacial score (nSPS) is 13.0. The number of nitrogens with one attached hydrogen (secondary N) is 1. The van der Waals surface area contributed by atoms with Gasteiger partial charge in [-0.3, -0.25) is 0 Å². The number of benzene rings is 1. The molecule has 0 aromatic heterocycles. The lowest BCUT2D eigenvalue weighted by molar-refractivity contribution is 0.265. The van der Waals surface area contributed by atoms with Gasteiger partial charge in [-0.15, -0.1) is 0 Å². The Morgan fingerprint density at radius 2 is 2.24 bits per heavy atom. The van der Waals surface area contributed by atoms with E-state index < -0.39 is 16.1 Å². The average Bonchev–Trinajstić information content (AvgIpc) is 2.27. The van der Waals surface area contributed by atoms with Crippen LogP contribution in [0.4, 0.5) is 5.69 Å². The molecule has 0 saturated carbocycles. The molecule has 0 aliphatic rings. The standard InChI is InChI=1S/C10H13N3O3S/c1-7(6-14)13-17(15,16)10-3-2-9(12)4-8(10)5-11/h2-4,7,13-14H,6,12H2,1H3/t7-/m0/s1. The monoisotopic (exact) mass is 255 g/mol. The van der Waals surface area contributed by atoms with Crippen LogP contribution in [0.2, 0.25) is 0 Å². The summed E-state index contributed by atoms with van der Waals surface area (Å²) in [7, 11) is -3.82. The van der Waals surface area contributed by atoms with E-state index in [1.807, 2.05) is 0 Å². The number of aliphatic hydroxyl groups is 1. The van der Waals surface area contributed by atoms with Gasteiger partial charge < -0.3 is 10.8 Å². The van der Waals surface area contributed by atoms with Crippen LogP contribution in [0.3, 0.4) is 0 Å². The Hall–Kier alpha value is -1.62. The van der Waals surface area contributed by atoms with Crippen molar-refractivity contribution in [2.45, 2.75) is 17.9 Å². The first-order chi connectivity index (χ1) is 7.90. The first kappa shape index (κ1) is 13.4. The predicted octanol–water partition coefficient (Wildman–Crippen LogP) is -0.200. The Morgan fingerprint density at radius 1 is 1.59 bits per heavy atom. The largest absolute Gasteiger partial charge is 0.399 e. The van der Waals surface area contributed by atoms with Crippen LogP contribution in [0.15, 0.2) is 23.1 Å². The van der Waals surface area contributed by atoms with E-state index in [-0.39, 0.29) is 17.1 Å². The van der Waals surface area contributed by atoms with Crippen LogP contribution < -0.4 is 10.5 Å². The van der Waals surface area contributed by atoms with Crippen molar-refractivity contribution in [2.75, 3.05) is 12.3 Å². The molecule has 0 aliphatic heterocycles. The van der Waals surface area contributed by atoms with Crippen molar-refractivity contribution >= 4 is 15.7 Å². The van der Waals surface area contributed by atoms with Gasteiger partial charge >= 0.3 is 0 Å². The number of nitriles is 1. The molecule has 1 rings (SSSR count). The van der Waals surface area contributed by atoms with E-state index in [9.17, 15) is 8.42 Å². The predicted molar refractivity (Wildman–Crippen MR) is 62.4 cm³/mol. The van der Waals surface area contributed by atoms with Crippen LogP contribution >= 0.6 is 0 Å². The molecule has 1 aromatic carbocycles. The van der Waals surface area contributed by atoms with Crippen molar-refractivity contribution < 1.29 is 13.5 Å². The molecule has 1 aromatic rings. The highest BCUT2D eigenvalue weighted by Gasteiger charge is 2.20. The molecule has 0 aliphatic carbocycles. The van der Waals surface area contributed by atoms with E-state index in [2.05, 4.69) is 4.72 Å². The third kappa shape index (κ3) is 3.17. The van der Waals surface area contributed by atoms with Crippen molar-refractivity contribution in [3.8, 4) is 6.07 Å². The molecule has 0 fully saturated rings. The highest BCUT2D eigenvalue weighted by Crippen LogP contribution is 2.18. The van der Waals surface area contributed by atoms with E-state index in [1.165, 1.54) is 25.1 Å². The summed E-state index contributed by atoms with van der Waals surface area (Å²) in [4.78, 5) is -0.144. The lowest BCUT2D eigenvalue weighted by Gasteiger charge is -2.12. The van der Waals surface area contributed by atoms with Crippen LogP contribution in [0.1, 0.15) is 12.5 Å². The molecule has 0 bridgehead atoms. The number of nitrogens with two attached hydrogens (primary N) is 1. The van der Waals surface area contributed by atoms with E-state index in [1.54, 1.807) is 6.07 Å². The SMILES string of the molecule is C[C@@H](CO)NS(=O)(=O)c1ccc(N)cc1C#N. The van der Waals surface area contributed by atoms with Crippen molar-refractivity contribution in [3.05, 3.63) is 23.8 Å². The fourth-order valence-corrected chi connectivity index (χ4v) is 2.61. The second-order valence-corrected chi connectivity index (χ2v) is 5.25. The number of hydrogen-bond donors (Lipinski definition) is 3. The smallest absolute Gasteiger partial charge is 0.242 e. The molecule has 92 valence electrons. The van der Waals surface area contributed by atoms with Gasteiger partial charge in [0.25, 0.3) is 0 Å². The van der Waals surface area contributed by atoms with Crippen LogP contribution in [0, 0.1) is 11.3 Å². The van der Waals surface area contributed by atoms with E-state index in [0.29, 0.717) is 5.69 Å². The molecule has 17 heavy (non-hydrogen) atoms. The number of nitrogens with zero attached hydrogens (tertiary/aromatic N) is 1. The van der Waals surface area contributed by atoms with E-state index >= 15 is 0 Å². The van der Waals surface area contributed by atoms with Crippen LogP contribution in [-0.2, 0) is 10.0 Å². The van der Waals surface area contributed by atoms with Crippen molar-refractivity contribution in [3.63, 3.8) is 0 Å². The molecule has 6 nitrogen and oxygen atoms in total. The molecule has 0 radical (unpaired) electrons. The summed E-state index contributed by atoms with van der Waals surface area (Å²) >= 11 is 0. The van der Waals surface area contributed by atoms with Crippen molar-refractivity contribution in [1.29, 1.82) is 5.26 Å². The number of nitrogen functional groups attached to an aromatic ring is 1. The molecule has 0 amide bonds. The maximum atomic E-state index is 11.9. The van der Waals surface area contributed by atoms with Gasteiger partial charge in [0.1, 0.15) is 6.07 Å². The lowest BCUT2D eigenvalue weighted by Crippen LogP contribution is -2.35. The van der Waals surface area contributed by atoms with E-state index in [4.69, 9.17) is 16.1 Å². The van der Waals surface area contributed by atoms with Crippen LogP contribution in [0.25, 0.3) is 0 Å². The van der Waals surface area contributed by atoms with Gasteiger partial charge in [-0.05, 0) is 25.1 Å². The first-order valence-electron chi connectivity index (χ1n) is 4.83. The molecule has 4 N–H and O–H groups in total. The summed E-state index contributed by atoms with van der Waals surface area (Å²) in [5, 5.41) is 17.7. The maximum absolute atomic E-state index is 11.9. The highest BCUT2D eigenvalue weighted by atomic mass is 32.2. The number of rotatable bonds is 4. The molecule has 0 heterocycles. The van der Waals surface area contributed by atoms with Crippen molar-refractivity contribution in [1.82, 2.24) is 4.72 Å². The van der Waals surface area contributed by atoms with Gasteiger partial charge in [-0.2, -0.15) is 5.26 Å². The minimum atomic E-state index is -3.82. The number of hydrogen-bond acceptors (Lipinski definition) is 5. The van der Waals surface area contributed by atoms with Gasteiger partial charge in [0.15, 0.2) is 0 Å². The minimum Gasteiger partial charge on any atom is -0.399 e. The Morgan fingerprint density at radius 3 is 2.76 bits per heavy atom. The maximum Gasteiger partial charge on any atom is 0.242 e. The third-order valence-corrected chi connectivity index (χ3v) is 3.69. The number of sulfonamides is 1. The molecule has 7 heteroatoms. The zero-order valence-electron chi connectivity index (χ0n) is 9.21. The van der Waals surface area contributed by atoms with Gasteiger partial charge in [-0.25, -0.2) is 13.1 Å². The number of anilines is 1. The average molecular weight is 255 g/mol. The topological polar surface area (TPSA) is 116 Å². The molecule has 0 unspecified atom stereocenters. The summed E-state index contributed by atoms with van der Waals surface area (Å²) in [5.74, 6) is 0. The summed E-state index contributed by atoms with van der Waals surface area (Å²) in [6.45, 7) is 1.19. The molecule has 0 saturated heterocycles. The fraction of sp³-hybridized carbons (Fsp3) is 0.300. The van der Waals surface area contributed by atoms with E-state index in [0.717, 1.165) is 0 Å². The van der Waals surface area contributed by atoms with Gasteiger partial charge in [0.2, 0.25) is 10.0 Å². The molecule has 1 atom stereocenters. The molecule has 0 spiro atoms. The van der Waals surface area contributed by atoms with Gasteiger partial charge in [0.05, 0.1) is 17.1 Å². The Labute approximate surface area is 99.7 Å². The van der Waals surface area contributed by atoms with Gasteiger partial charge in [0, 0.05) is 11.7 Å². The highest BCUT2D eigenvalue weighted by molar-refractivity contribution is 7.89. The zero-order chi connectivity index (χ0) is 13.1. The molecular weight excluding hydrogens is 242 g/mol.